The minimum absolute atomic E-state index is 0.0948. The Labute approximate surface area is 133 Å². The molecule has 0 spiro atoms. The molecule has 0 aliphatic carbocycles. The monoisotopic (exact) mass is 328 g/mol. The summed E-state index contributed by atoms with van der Waals surface area (Å²) >= 11 is 0.949. The number of imide groups is 1. The fraction of sp³-hybridized carbons (Fsp3) is 0.692. The van der Waals surface area contributed by atoms with E-state index in [1.165, 1.54) is 4.90 Å². The van der Waals surface area contributed by atoms with Crippen LogP contribution in [0.5, 0.6) is 0 Å². The summed E-state index contributed by atoms with van der Waals surface area (Å²) in [5, 5.41) is 2.17. The van der Waals surface area contributed by atoms with Crippen molar-refractivity contribution in [3.8, 4) is 0 Å². The third-order valence-corrected chi connectivity index (χ3v) is 4.62. The molecule has 0 aromatic rings. The van der Waals surface area contributed by atoms with Gasteiger partial charge in [-0.25, -0.2) is 0 Å². The smallest absolute Gasteiger partial charge is 0.311 e. The van der Waals surface area contributed by atoms with E-state index >= 15 is 0 Å². The number of carbonyl (C=O) groups excluding carboxylic acids is 4. The van der Waals surface area contributed by atoms with Gasteiger partial charge in [0, 0.05) is 39.3 Å². The van der Waals surface area contributed by atoms with E-state index in [1.54, 1.807) is 0 Å². The molecule has 2 aliphatic rings. The number of piperazine rings is 1. The van der Waals surface area contributed by atoms with Gasteiger partial charge < -0.3 is 15.1 Å². The molecule has 122 valence electrons. The van der Waals surface area contributed by atoms with Crippen molar-refractivity contribution < 1.29 is 19.2 Å². The Morgan fingerprint density at radius 3 is 2.41 bits per heavy atom. The lowest BCUT2D eigenvalue weighted by Crippen LogP contribution is -2.53. The first-order chi connectivity index (χ1) is 10.5. The van der Waals surface area contributed by atoms with Crippen molar-refractivity contribution >= 4 is 34.7 Å². The van der Waals surface area contributed by atoms with Gasteiger partial charge in [0.2, 0.25) is 5.91 Å². The normalized spacial score (nSPS) is 19.7. The van der Waals surface area contributed by atoms with Gasteiger partial charge in [0.25, 0.3) is 5.24 Å². The van der Waals surface area contributed by atoms with Crippen molar-refractivity contribution in [2.45, 2.75) is 6.92 Å². The second-order valence-corrected chi connectivity index (χ2v) is 6.01. The van der Waals surface area contributed by atoms with Crippen LogP contribution in [0.25, 0.3) is 0 Å². The quantitative estimate of drug-likeness (QED) is 0.663. The van der Waals surface area contributed by atoms with Crippen LogP contribution in [0.4, 0.5) is 4.79 Å². The topological polar surface area (TPSA) is 90.0 Å². The molecule has 2 rings (SSSR count). The standard InChI is InChI=1S/C13H20N4O4S/c1-2-15-5-7-16(8-6-15)12(20)11(19)14-3-4-17-10(18)9-22-13(17)21/h2-9H2,1H3,(H,14,19). The fourth-order valence-electron chi connectivity index (χ4n) is 2.36. The number of rotatable bonds is 4. The molecule has 2 saturated heterocycles. The molecule has 0 saturated carbocycles. The maximum Gasteiger partial charge on any atom is 0.311 e. The average molecular weight is 328 g/mol. The highest BCUT2D eigenvalue weighted by molar-refractivity contribution is 8.14. The van der Waals surface area contributed by atoms with Crippen molar-refractivity contribution in [2.24, 2.45) is 0 Å². The Kier molecular flexibility index (Phi) is 5.78. The molecule has 0 radical (unpaired) electrons. The zero-order valence-corrected chi connectivity index (χ0v) is 13.4. The minimum Gasteiger partial charge on any atom is -0.346 e. The van der Waals surface area contributed by atoms with E-state index in [4.69, 9.17) is 0 Å². The maximum absolute atomic E-state index is 12.0. The largest absolute Gasteiger partial charge is 0.346 e. The molecule has 0 bridgehead atoms. The summed E-state index contributed by atoms with van der Waals surface area (Å²) in [4.78, 5) is 51.4. The lowest BCUT2D eigenvalue weighted by Gasteiger charge is -2.33. The van der Waals surface area contributed by atoms with Crippen LogP contribution in [-0.4, -0.2) is 89.2 Å². The van der Waals surface area contributed by atoms with Gasteiger partial charge in [0.1, 0.15) is 0 Å². The van der Waals surface area contributed by atoms with Gasteiger partial charge in [-0.15, -0.1) is 0 Å². The number of carbonyl (C=O) groups is 4. The number of nitrogens with zero attached hydrogens (tertiary/aromatic N) is 3. The van der Waals surface area contributed by atoms with E-state index in [0.717, 1.165) is 36.3 Å². The van der Waals surface area contributed by atoms with Crippen LogP contribution in [0.1, 0.15) is 6.92 Å². The lowest BCUT2D eigenvalue weighted by atomic mass is 10.3. The van der Waals surface area contributed by atoms with Gasteiger partial charge in [-0.1, -0.05) is 18.7 Å². The van der Waals surface area contributed by atoms with Crippen molar-refractivity contribution in [3.63, 3.8) is 0 Å². The highest BCUT2D eigenvalue weighted by Gasteiger charge is 2.30. The maximum atomic E-state index is 12.0. The Hall–Kier alpha value is -1.61. The zero-order valence-electron chi connectivity index (χ0n) is 12.5. The third kappa shape index (κ3) is 3.98. The molecule has 22 heavy (non-hydrogen) atoms. The minimum atomic E-state index is -0.684. The molecule has 4 amide bonds. The van der Waals surface area contributed by atoms with E-state index in [-0.39, 0.29) is 30.0 Å². The number of thioether (sulfide) groups is 1. The first-order valence-electron chi connectivity index (χ1n) is 7.29. The molecule has 2 heterocycles. The Balaban J connectivity index is 1.72. The number of nitrogens with one attached hydrogen (secondary N) is 1. The molecule has 0 aromatic heterocycles. The van der Waals surface area contributed by atoms with Gasteiger partial charge in [-0.05, 0) is 6.54 Å². The predicted octanol–water partition coefficient (Wildman–Crippen LogP) is -1.04. The summed E-state index contributed by atoms with van der Waals surface area (Å²) < 4.78 is 0. The highest BCUT2D eigenvalue weighted by atomic mass is 32.2. The van der Waals surface area contributed by atoms with E-state index < -0.39 is 11.8 Å². The second-order valence-electron chi connectivity index (χ2n) is 5.08. The van der Waals surface area contributed by atoms with Crippen LogP contribution in [0.2, 0.25) is 0 Å². The third-order valence-electron chi connectivity index (χ3n) is 3.76. The zero-order chi connectivity index (χ0) is 16.1. The summed E-state index contributed by atoms with van der Waals surface area (Å²) in [5.41, 5.74) is 0. The average Bonchev–Trinajstić information content (AvgIpc) is 2.86. The first kappa shape index (κ1) is 16.8. The van der Waals surface area contributed by atoms with Crippen molar-refractivity contribution in [1.82, 2.24) is 20.0 Å². The fourth-order valence-corrected chi connectivity index (χ4v) is 3.12. The number of likely N-dealkylation sites (N-methyl/N-ethyl adjacent to an activating group) is 1. The molecule has 9 heteroatoms. The van der Waals surface area contributed by atoms with Crippen LogP contribution in [0, 0.1) is 0 Å². The second kappa shape index (κ2) is 7.59. The molecular weight excluding hydrogens is 308 g/mol. The molecule has 2 aliphatic heterocycles. The Morgan fingerprint density at radius 2 is 1.86 bits per heavy atom. The van der Waals surface area contributed by atoms with Gasteiger partial charge in [0.05, 0.1) is 5.75 Å². The molecule has 8 nitrogen and oxygen atoms in total. The summed E-state index contributed by atoms with van der Waals surface area (Å²) in [6, 6.07) is 0. The Bertz CT molecular complexity index is 461. The number of hydrogen-bond acceptors (Lipinski definition) is 6. The van der Waals surface area contributed by atoms with Gasteiger partial charge >= 0.3 is 11.8 Å². The molecule has 0 unspecified atom stereocenters. The predicted molar refractivity (Wildman–Crippen MR) is 81.3 cm³/mol. The summed E-state index contributed by atoms with van der Waals surface area (Å²) in [6.45, 7) is 5.81. The molecule has 1 N–H and O–H groups in total. The summed E-state index contributed by atoms with van der Waals surface area (Å²) in [6.07, 6.45) is 0. The SMILES string of the molecule is CCN1CCN(C(=O)C(=O)NCCN2C(=O)CSC2=O)CC1. The van der Waals surface area contributed by atoms with E-state index in [9.17, 15) is 19.2 Å². The van der Waals surface area contributed by atoms with Gasteiger partial charge in [0.15, 0.2) is 0 Å². The highest BCUT2D eigenvalue weighted by Crippen LogP contribution is 2.17. The van der Waals surface area contributed by atoms with Crippen LogP contribution in [0.15, 0.2) is 0 Å². The van der Waals surface area contributed by atoms with Crippen molar-refractivity contribution in [3.05, 3.63) is 0 Å². The van der Waals surface area contributed by atoms with Crippen LogP contribution >= 0.6 is 11.8 Å². The van der Waals surface area contributed by atoms with Gasteiger partial charge in [-0.2, -0.15) is 0 Å². The van der Waals surface area contributed by atoms with Crippen LogP contribution in [-0.2, 0) is 14.4 Å². The molecular formula is C13H20N4O4S. The van der Waals surface area contributed by atoms with E-state index in [0.29, 0.717) is 13.1 Å². The molecule has 0 aromatic carbocycles. The molecule has 2 fully saturated rings. The summed E-state index contributed by atoms with van der Waals surface area (Å²) in [7, 11) is 0. The Morgan fingerprint density at radius 1 is 1.18 bits per heavy atom. The van der Waals surface area contributed by atoms with Crippen molar-refractivity contribution in [2.75, 3.05) is 51.6 Å². The van der Waals surface area contributed by atoms with E-state index in [1.807, 2.05) is 0 Å². The number of hydrogen-bond donors (Lipinski definition) is 1. The van der Waals surface area contributed by atoms with E-state index in [2.05, 4.69) is 17.1 Å². The lowest BCUT2D eigenvalue weighted by molar-refractivity contribution is -0.147. The number of amides is 4. The van der Waals surface area contributed by atoms with Crippen LogP contribution in [0.3, 0.4) is 0 Å². The van der Waals surface area contributed by atoms with Gasteiger partial charge in [-0.3, -0.25) is 24.1 Å². The first-order valence-corrected chi connectivity index (χ1v) is 8.28. The molecule has 0 atom stereocenters. The van der Waals surface area contributed by atoms with Crippen LogP contribution < -0.4 is 5.32 Å². The van der Waals surface area contributed by atoms with Crippen molar-refractivity contribution in [1.29, 1.82) is 0 Å². The summed E-state index contributed by atoms with van der Waals surface area (Å²) in [5.74, 6) is -1.35.